The third-order valence-electron chi connectivity index (χ3n) is 2.91. The van der Waals surface area contributed by atoms with Crippen LogP contribution in [0.3, 0.4) is 0 Å². The number of rotatable bonds is 3. The van der Waals surface area contributed by atoms with Crippen molar-refractivity contribution in [3.63, 3.8) is 0 Å². The average Bonchev–Trinajstić information content (AvgIpc) is 2.86. The molecule has 15 heavy (non-hydrogen) atoms. The second-order valence-electron chi connectivity index (χ2n) is 3.93. The summed E-state index contributed by atoms with van der Waals surface area (Å²) in [5, 5.41) is 4.04. The summed E-state index contributed by atoms with van der Waals surface area (Å²) in [5.74, 6) is 0.223. The maximum Gasteiger partial charge on any atom is 0.227 e. The Balaban J connectivity index is 1.96. The van der Waals surface area contributed by atoms with Crippen molar-refractivity contribution in [2.24, 2.45) is 5.73 Å². The number of carbonyl (C=O) groups is 1. The highest BCUT2D eigenvalue weighted by Gasteiger charge is 2.27. The van der Waals surface area contributed by atoms with E-state index in [0.717, 1.165) is 24.9 Å². The Morgan fingerprint density at radius 3 is 3.20 bits per heavy atom. The molecule has 1 aliphatic rings. The fourth-order valence-electron chi connectivity index (χ4n) is 2.08. The normalized spacial score (nSPS) is 20.9. The first-order valence-electron chi connectivity index (χ1n) is 5.32. The van der Waals surface area contributed by atoms with Crippen LogP contribution in [0.2, 0.25) is 0 Å². The molecule has 1 saturated heterocycles. The quantitative estimate of drug-likeness (QED) is 0.839. The van der Waals surface area contributed by atoms with Gasteiger partial charge in [0.25, 0.3) is 0 Å². The van der Waals surface area contributed by atoms with Gasteiger partial charge in [0.1, 0.15) is 0 Å². The van der Waals surface area contributed by atoms with Crippen molar-refractivity contribution in [3.05, 3.63) is 22.4 Å². The molecule has 1 aromatic heterocycles. The molecule has 1 amide bonds. The highest BCUT2D eigenvalue weighted by Crippen LogP contribution is 2.18. The summed E-state index contributed by atoms with van der Waals surface area (Å²) < 4.78 is 0. The predicted molar refractivity (Wildman–Crippen MR) is 61.8 cm³/mol. The Morgan fingerprint density at radius 2 is 2.53 bits per heavy atom. The van der Waals surface area contributed by atoms with Gasteiger partial charge in [-0.25, -0.2) is 0 Å². The van der Waals surface area contributed by atoms with Crippen molar-refractivity contribution in [3.8, 4) is 0 Å². The van der Waals surface area contributed by atoms with E-state index < -0.39 is 0 Å². The highest BCUT2D eigenvalue weighted by atomic mass is 32.1. The van der Waals surface area contributed by atoms with E-state index in [1.165, 1.54) is 0 Å². The van der Waals surface area contributed by atoms with Gasteiger partial charge in [-0.15, -0.1) is 0 Å². The monoisotopic (exact) mass is 224 g/mol. The van der Waals surface area contributed by atoms with E-state index in [0.29, 0.717) is 13.0 Å². The molecule has 2 heterocycles. The van der Waals surface area contributed by atoms with Crippen LogP contribution in [-0.4, -0.2) is 29.9 Å². The first-order chi connectivity index (χ1) is 7.31. The topological polar surface area (TPSA) is 46.3 Å². The van der Waals surface area contributed by atoms with Crippen LogP contribution >= 0.6 is 11.3 Å². The minimum Gasteiger partial charge on any atom is -0.338 e. The van der Waals surface area contributed by atoms with Gasteiger partial charge in [0.2, 0.25) is 5.91 Å². The molecule has 1 aliphatic heterocycles. The lowest BCUT2D eigenvalue weighted by Crippen LogP contribution is -2.40. The molecule has 4 heteroatoms. The lowest BCUT2D eigenvalue weighted by molar-refractivity contribution is -0.131. The molecule has 0 radical (unpaired) electrons. The number of nitrogens with zero attached hydrogens (tertiary/aromatic N) is 1. The van der Waals surface area contributed by atoms with E-state index in [1.54, 1.807) is 11.3 Å². The van der Waals surface area contributed by atoms with Crippen molar-refractivity contribution in [1.29, 1.82) is 0 Å². The second kappa shape index (κ2) is 4.77. The SMILES string of the molecule is NCC1CCCN1C(=O)Cc1ccsc1. The minimum absolute atomic E-state index is 0.223. The highest BCUT2D eigenvalue weighted by molar-refractivity contribution is 7.07. The second-order valence-corrected chi connectivity index (χ2v) is 4.71. The maximum absolute atomic E-state index is 12.0. The van der Waals surface area contributed by atoms with E-state index >= 15 is 0 Å². The molecular weight excluding hydrogens is 208 g/mol. The molecule has 1 aromatic rings. The molecule has 82 valence electrons. The summed E-state index contributed by atoms with van der Waals surface area (Å²) in [4.78, 5) is 13.9. The lowest BCUT2D eigenvalue weighted by atomic mass is 10.2. The van der Waals surface area contributed by atoms with Crippen LogP contribution in [0.1, 0.15) is 18.4 Å². The van der Waals surface area contributed by atoms with Crippen molar-refractivity contribution in [2.75, 3.05) is 13.1 Å². The van der Waals surface area contributed by atoms with Crippen molar-refractivity contribution < 1.29 is 4.79 Å². The molecule has 1 atom stereocenters. The third kappa shape index (κ3) is 2.38. The molecule has 0 saturated carbocycles. The molecule has 0 bridgehead atoms. The van der Waals surface area contributed by atoms with Gasteiger partial charge in [-0.3, -0.25) is 4.79 Å². The lowest BCUT2D eigenvalue weighted by Gasteiger charge is -2.23. The van der Waals surface area contributed by atoms with Crippen molar-refractivity contribution in [2.45, 2.75) is 25.3 Å². The van der Waals surface area contributed by atoms with Crippen LogP contribution < -0.4 is 5.73 Å². The van der Waals surface area contributed by atoms with Crippen LogP contribution in [-0.2, 0) is 11.2 Å². The number of nitrogens with two attached hydrogens (primary N) is 1. The van der Waals surface area contributed by atoms with Crippen molar-refractivity contribution in [1.82, 2.24) is 4.90 Å². The molecule has 0 spiro atoms. The Labute approximate surface area is 93.9 Å². The van der Waals surface area contributed by atoms with Crippen LogP contribution in [0.15, 0.2) is 16.8 Å². The average molecular weight is 224 g/mol. The van der Waals surface area contributed by atoms with Gasteiger partial charge >= 0.3 is 0 Å². The van der Waals surface area contributed by atoms with Crippen LogP contribution in [0.25, 0.3) is 0 Å². The largest absolute Gasteiger partial charge is 0.338 e. The van der Waals surface area contributed by atoms with Crippen LogP contribution in [0.4, 0.5) is 0 Å². The van der Waals surface area contributed by atoms with Crippen LogP contribution in [0.5, 0.6) is 0 Å². The molecule has 0 aliphatic carbocycles. The molecular formula is C11H16N2OS. The third-order valence-corrected chi connectivity index (χ3v) is 3.64. The maximum atomic E-state index is 12.0. The number of amides is 1. The predicted octanol–water partition coefficient (Wildman–Crippen LogP) is 1.24. The Morgan fingerprint density at radius 1 is 1.67 bits per heavy atom. The zero-order valence-electron chi connectivity index (χ0n) is 8.69. The summed E-state index contributed by atoms with van der Waals surface area (Å²) in [5.41, 5.74) is 6.76. The number of carbonyl (C=O) groups excluding carboxylic acids is 1. The smallest absolute Gasteiger partial charge is 0.227 e. The number of hydrogen-bond acceptors (Lipinski definition) is 3. The number of hydrogen-bond donors (Lipinski definition) is 1. The Hall–Kier alpha value is -0.870. The van der Waals surface area contributed by atoms with Gasteiger partial charge in [-0.2, -0.15) is 11.3 Å². The Bertz CT molecular complexity index is 323. The van der Waals surface area contributed by atoms with E-state index in [9.17, 15) is 4.79 Å². The number of likely N-dealkylation sites (tertiary alicyclic amines) is 1. The first kappa shape index (κ1) is 10.6. The summed E-state index contributed by atoms with van der Waals surface area (Å²) in [6.45, 7) is 1.47. The molecule has 1 fully saturated rings. The first-order valence-corrected chi connectivity index (χ1v) is 6.26. The zero-order chi connectivity index (χ0) is 10.7. The standard InChI is InChI=1S/C11H16N2OS/c12-7-10-2-1-4-13(10)11(14)6-9-3-5-15-8-9/h3,5,8,10H,1-2,4,6-7,12H2. The minimum atomic E-state index is 0.223. The van der Waals surface area contributed by atoms with E-state index in [1.807, 2.05) is 21.7 Å². The van der Waals surface area contributed by atoms with E-state index in [-0.39, 0.29) is 11.9 Å². The van der Waals surface area contributed by atoms with Gasteiger partial charge in [-0.1, -0.05) is 0 Å². The van der Waals surface area contributed by atoms with Gasteiger partial charge in [0.15, 0.2) is 0 Å². The summed E-state index contributed by atoms with van der Waals surface area (Å²) in [6, 6.07) is 2.28. The van der Waals surface area contributed by atoms with E-state index in [4.69, 9.17) is 5.73 Å². The molecule has 2 N–H and O–H groups in total. The van der Waals surface area contributed by atoms with Gasteiger partial charge < -0.3 is 10.6 Å². The summed E-state index contributed by atoms with van der Waals surface area (Å²) in [6.07, 6.45) is 2.68. The molecule has 1 unspecified atom stereocenters. The van der Waals surface area contributed by atoms with Crippen LogP contribution in [0, 0.1) is 0 Å². The zero-order valence-corrected chi connectivity index (χ0v) is 9.50. The number of thiophene rings is 1. The molecule has 0 aromatic carbocycles. The van der Waals surface area contributed by atoms with Gasteiger partial charge in [0, 0.05) is 19.1 Å². The van der Waals surface area contributed by atoms with E-state index in [2.05, 4.69) is 0 Å². The fraction of sp³-hybridized carbons (Fsp3) is 0.545. The fourth-order valence-corrected chi connectivity index (χ4v) is 2.75. The molecule has 3 nitrogen and oxygen atoms in total. The van der Waals surface area contributed by atoms with Crippen molar-refractivity contribution >= 4 is 17.2 Å². The molecule has 2 rings (SSSR count). The summed E-state index contributed by atoms with van der Waals surface area (Å²) >= 11 is 1.64. The van der Waals surface area contributed by atoms with Gasteiger partial charge in [0.05, 0.1) is 6.42 Å². The Kier molecular flexibility index (Phi) is 3.38. The summed E-state index contributed by atoms with van der Waals surface area (Å²) in [7, 11) is 0. The van der Waals surface area contributed by atoms with Gasteiger partial charge in [-0.05, 0) is 35.2 Å².